The highest BCUT2D eigenvalue weighted by Gasteiger charge is 2.22. The lowest BCUT2D eigenvalue weighted by Gasteiger charge is -2.20. The second kappa shape index (κ2) is 7.16. The van der Waals surface area contributed by atoms with Crippen LogP contribution in [-0.2, 0) is 6.54 Å². The maximum Gasteiger partial charge on any atom is 0.161 e. The van der Waals surface area contributed by atoms with Gasteiger partial charge in [-0.15, -0.1) is 0 Å². The molecule has 2 aromatic rings. The van der Waals surface area contributed by atoms with Gasteiger partial charge >= 0.3 is 0 Å². The third-order valence-corrected chi connectivity index (χ3v) is 4.08. The fourth-order valence-corrected chi connectivity index (χ4v) is 2.68. The molecule has 0 amide bonds. The van der Waals surface area contributed by atoms with E-state index in [1.165, 1.54) is 0 Å². The van der Waals surface area contributed by atoms with Crippen molar-refractivity contribution >= 4 is 23.2 Å². The Morgan fingerprint density at radius 3 is 2.67 bits per heavy atom. The lowest BCUT2D eigenvalue weighted by Crippen LogP contribution is -2.22. The third kappa shape index (κ3) is 3.34. The first-order valence-electron chi connectivity index (χ1n) is 6.84. The maximum atomic E-state index is 6.14. The highest BCUT2D eigenvalue weighted by Crippen LogP contribution is 2.33. The van der Waals surface area contributed by atoms with Crippen LogP contribution in [0, 0.1) is 0 Å². The molecule has 0 saturated heterocycles. The van der Waals surface area contributed by atoms with Gasteiger partial charge in [0, 0.05) is 6.54 Å². The lowest BCUT2D eigenvalue weighted by atomic mass is 10.0. The number of aromatic nitrogens is 2. The van der Waals surface area contributed by atoms with E-state index in [1.807, 2.05) is 23.9 Å². The lowest BCUT2D eigenvalue weighted by molar-refractivity contribution is 0.400. The largest absolute Gasteiger partial charge is 0.493 e. The molecule has 0 radical (unpaired) electrons. The third-order valence-electron chi connectivity index (χ3n) is 3.34. The molecular weight excluding hydrogens is 309 g/mol. The molecule has 0 bridgehead atoms. The number of aryl methyl sites for hydroxylation is 1. The zero-order valence-corrected chi connectivity index (χ0v) is 13.9. The highest BCUT2D eigenvalue weighted by molar-refractivity contribution is 6.42. The van der Waals surface area contributed by atoms with E-state index in [-0.39, 0.29) is 6.04 Å². The second-order valence-corrected chi connectivity index (χ2v) is 5.53. The summed E-state index contributed by atoms with van der Waals surface area (Å²) in [5.74, 6) is 0.758. The average molecular weight is 328 g/mol. The molecule has 0 aliphatic heterocycles. The predicted molar refractivity (Wildman–Crippen MR) is 86.4 cm³/mol. The Morgan fingerprint density at radius 2 is 2.10 bits per heavy atom. The quantitative estimate of drug-likeness (QED) is 0.874. The van der Waals surface area contributed by atoms with Crippen LogP contribution in [0.4, 0.5) is 0 Å². The highest BCUT2D eigenvalue weighted by atomic mass is 35.5. The van der Waals surface area contributed by atoms with E-state index in [9.17, 15) is 0 Å². The van der Waals surface area contributed by atoms with Gasteiger partial charge in [-0.3, -0.25) is 4.68 Å². The van der Waals surface area contributed by atoms with Crippen LogP contribution in [0.5, 0.6) is 5.75 Å². The Hall–Kier alpha value is -1.23. The maximum absolute atomic E-state index is 6.14. The van der Waals surface area contributed by atoms with Crippen LogP contribution in [0.3, 0.4) is 0 Å². The minimum atomic E-state index is -0.0660. The number of nitrogens with zero attached hydrogens (tertiary/aromatic N) is 2. The number of nitrogens with one attached hydrogen (secondary N) is 1. The number of rotatable bonds is 6. The first-order valence-corrected chi connectivity index (χ1v) is 7.59. The van der Waals surface area contributed by atoms with Crippen LogP contribution in [0.1, 0.15) is 30.6 Å². The normalized spacial score (nSPS) is 12.4. The van der Waals surface area contributed by atoms with Gasteiger partial charge in [-0.25, -0.2) is 0 Å². The van der Waals surface area contributed by atoms with Crippen LogP contribution >= 0.6 is 23.2 Å². The molecule has 6 heteroatoms. The number of hydrogen-bond donors (Lipinski definition) is 1. The Kier molecular flexibility index (Phi) is 5.51. The summed E-state index contributed by atoms with van der Waals surface area (Å²) in [5.41, 5.74) is 2.00. The number of halogens is 2. The van der Waals surface area contributed by atoms with E-state index in [4.69, 9.17) is 27.9 Å². The summed E-state index contributed by atoms with van der Waals surface area (Å²) in [6.45, 7) is 2.95. The molecule has 1 unspecified atom stereocenters. The molecule has 2 rings (SSSR count). The Morgan fingerprint density at radius 1 is 1.33 bits per heavy atom. The van der Waals surface area contributed by atoms with Crippen molar-refractivity contribution in [3.8, 4) is 5.75 Å². The average Bonchev–Trinajstić information content (AvgIpc) is 2.87. The van der Waals surface area contributed by atoms with E-state index in [0.717, 1.165) is 30.0 Å². The van der Waals surface area contributed by atoms with Gasteiger partial charge in [-0.2, -0.15) is 5.10 Å². The van der Waals surface area contributed by atoms with Crippen LogP contribution in [0.2, 0.25) is 10.0 Å². The van der Waals surface area contributed by atoms with Gasteiger partial charge in [-0.1, -0.05) is 36.2 Å². The molecule has 1 N–H and O–H groups in total. The molecule has 1 aromatic carbocycles. The van der Waals surface area contributed by atoms with Crippen molar-refractivity contribution in [2.75, 3.05) is 14.2 Å². The van der Waals surface area contributed by atoms with Crippen LogP contribution < -0.4 is 10.1 Å². The van der Waals surface area contributed by atoms with Gasteiger partial charge in [0.25, 0.3) is 0 Å². The van der Waals surface area contributed by atoms with E-state index < -0.39 is 0 Å². The Balaban J connectivity index is 2.49. The summed E-state index contributed by atoms with van der Waals surface area (Å²) in [6.07, 6.45) is 2.74. The zero-order chi connectivity index (χ0) is 15.4. The summed E-state index contributed by atoms with van der Waals surface area (Å²) in [7, 11) is 3.55. The monoisotopic (exact) mass is 327 g/mol. The molecule has 0 spiro atoms. The summed E-state index contributed by atoms with van der Waals surface area (Å²) >= 11 is 12.1. The number of methoxy groups -OCH3 is 1. The fraction of sp³-hybridized carbons (Fsp3) is 0.400. The summed E-state index contributed by atoms with van der Waals surface area (Å²) in [6, 6.07) is 5.56. The topological polar surface area (TPSA) is 39.1 Å². The van der Waals surface area contributed by atoms with E-state index in [1.54, 1.807) is 19.4 Å². The van der Waals surface area contributed by atoms with Crippen molar-refractivity contribution in [1.82, 2.24) is 15.1 Å². The van der Waals surface area contributed by atoms with Crippen LogP contribution in [-0.4, -0.2) is 23.9 Å². The molecule has 114 valence electrons. The van der Waals surface area contributed by atoms with Crippen molar-refractivity contribution in [3.63, 3.8) is 0 Å². The van der Waals surface area contributed by atoms with Crippen molar-refractivity contribution in [3.05, 3.63) is 45.7 Å². The molecule has 0 saturated carbocycles. The van der Waals surface area contributed by atoms with Gasteiger partial charge in [0.15, 0.2) is 5.75 Å². The van der Waals surface area contributed by atoms with Crippen molar-refractivity contribution in [1.29, 1.82) is 0 Å². The fourth-order valence-electron chi connectivity index (χ4n) is 2.37. The summed E-state index contributed by atoms with van der Waals surface area (Å²) in [4.78, 5) is 0. The summed E-state index contributed by atoms with van der Waals surface area (Å²) < 4.78 is 7.41. The minimum absolute atomic E-state index is 0.0660. The SMILES string of the molecule is CCCn1ncc(OC)c1C(NC)c1ccc(Cl)c(Cl)c1. The Labute approximate surface area is 135 Å². The smallest absolute Gasteiger partial charge is 0.161 e. The standard InChI is InChI=1S/C15H19Cl2N3O/c1-4-7-20-15(13(21-3)9-19-20)14(18-2)10-5-6-11(16)12(17)8-10/h5-6,8-9,14,18H,4,7H2,1-3H3. The predicted octanol–water partition coefficient (Wildman–Crippen LogP) is 3.92. The Bertz CT molecular complexity index is 613. The molecule has 0 fully saturated rings. The van der Waals surface area contributed by atoms with Gasteiger partial charge in [0.2, 0.25) is 0 Å². The zero-order valence-electron chi connectivity index (χ0n) is 12.4. The molecule has 1 heterocycles. The van der Waals surface area contributed by atoms with Gasteiger partial charge in [-0.05, 0) is 31.2 Å². The van der Waals surface area contributed by atoms with E-state index in [0.29, 0.717) is 10.0 Å². The molecule has 1 atom stereocenters. The molecule has 1 aromatic heterocycles. The van der Waals surface area contributed by atoms with Crippen LogP contribution in [0.25, 0.3) is 0 Å². The van der Waals surface area contributed by atoms with E-state index >= 15 is 0 Å². The van der Waals surface area contributed by atoms with Gasteiger partial charge in [0.1, 0.15) is 5.69 Å². The first kappa shape index (κ1) is 16.1. The number of ether oxygens (including phenoxy) is 1. The number of hydrogen-bond acceptors (Lipinski definition) is 3. The second-order valence-electron chi connectivity index (χ2n) is 4.72. The van der Waals surface area contributed by atoms with Gasteiger partial charge < -0.3 is 10.1 Å². The summed E-state index contributed by atoms with van der Waals surface area (Å²) in [5, 5.41) is 8.78. The van der Waals surface area contributed by atoms with Crippen molar-refractivity contribution in [2.24, 2.45) is 0 Å². The molecule has 0 aliphatic rings. The van der Waals surface area contributed by atoms with Gasteiger partial charge in [0.05, 0.1) is 29.4 Å². The minimum Gasteiger partial charge on any atom is -0.493 e. The molecule has 0 aliphatic carbocycles. The van der Waals surface area contributed by atoms with Crippen molar-refractivity contribution in [2.45, 2.75) is 25.9 Å². The first-order chi connectivity index (χ1) is 10.1. The molecular formula is C15H19Cl2N3O. The number of benzene rings is 1. The van der Waals surface area contributed by atoms with Crippen LogP contribution in [0.15, 0.2) is 24.4 Å². The molecule has 21 heavy (non-hydrogen) atoms. The van der Waals surface area contributed by atoms with E-state index in [2.05, 4.69) is 17.3 Å². The van der Waals surface area contributed by atoms with Crippen molar-refractivity contribution < 1.29 is 4.74 Å². The molecule has 4 nitrogen and oxygen atoms in total.